The highest BCUT2D eigenvalue weighted by Gasteiger charge is 2.61. The van der Waals surface area contributed by atoms with E-state index in [-0.39, 0.29) is 70.1 Å². The number of hydrogen-bond donors (Lipinski definition) is 3. The summed E-state index contributed by atoms with van der Waals surface area (Å²) < 4.78 is 49.5. The van der Waals surface area contributed by atoms with Crippen LogP contribution in [0.4, 0.5) is 0 Å². The molecule has 7 aliphatic rings. The van der Waals surface area contributed by atoms with Gasteiger partial charge >= 0.3 is 0 Å². The lowest BCUT2D eigenvalue weighted by molar-refractivity contribution is -0.227. The molecule has 12 atom stereocenters. The highest BCUT2D eigenvalue weighted by atomic mass is 16.8. The topological polar surface area (TPSA) is 135 Å². The smallest absolute Gasteiger partial charge is 0.169 e. The van der Waals surface area contributed by atoms with Crippen LogP contribution >= 0.6 is 0 Å². The molecule has 0 bridgehead atoms. The van der Waals surface area contributed by atoms with Crippen LogP contribution in [0.2, 0.25) is 0 Å². The van der Waals surface area contributed by atoms with E-state index in [1.807, 2.05) is 19.9 Å². The maximum absolute atomic E-state index is 10.8. The highest BCUT2D eigenvalue weighted by Crippen LogP contribution is 2.48. The first kappa shape index (κ1) is 40.8. The molecule has 5 saturated heterocycles. The van der Waals surface area contributed by atoms with Gasteiger partial charge in [0.25, 0.3) is 0 Å². The third-order valence-corrected chi connectivity index (χ3v) is 11.2. The van der Waals surface area contributed by atoms with Crippen molar-refractivity contribution in [3.63, 3.8) is 0 Å². The van der Waals surface area contributed by atoms with Gasteiger partial charge in [0, 0.05) is 31.6 Å². The fourth-order valence-corrected chi connectivity index (χ4v) is 8.72. The Bertz CT molecular complexity index is 1060. The Morgan fingerprint density at radius 2 is 1.24 bits per heavy atom. The van der Waals surface area contributed by atoms with E-state index in [0.717, 1.165) is 51.4 Å². The average Bonchev–Trinajstić information content (AvgIpc) is 3.74. The summed E-state index contributed by atoms with van der Waals surface area (Å²) in [5.74, 6) is -1.54. The van der Waals surface area contributed by atoms with E-state index in [1.165, 1.54) is 12.8 Å². The molecule has 2 spiro atoms. The summed E-state index contributed by atoms with van der Waals surface area (Å²) in [5, 5.41) is 30.3. The molecule has 7 rings (SSSR count). The summed E-state index contributed by atoms with van der Waals surface area (Å²) in [6.07, 6.45) is 10.9. The first-order chi connectivity index (χ1) is 22.5. The Morgan fingerprint density at radius 3 is 1.78 bits per heavy atom. The van der Waals surface area contributed by atoms with Crippen molar-refractivity contribution in [2.75, 3.05) is 13.2 Å². The van der Waals surface area contributed by atoms with Gasteiger partial charge in [-0.2, -0.15) is 0 Å². The van der Waals surface area contributed by atoms with Gasteiger partial charge in [0.2, 0.25) is 0 Å². The van der Waals surface area contributed by atoms with Gasteiger partial charge in [-0.15, -0.1) is 13.2 Å². The molecule has 0 amide bonds. The van der Waals surface area contributed by atoms with E-state index in [9.17, 15) is 15.3 Å². The number of aliphatic hydroxyl groups excluding tert-OH is 3. The third kappa shape index (κ3) is 8.49. The first-order valence-corrected chi connectivity index (χ1v) is 18.1. The Kier molecular flexibility index (Phi) is 14.0. The largest absolute Gasteiger partial charge is 0.394 e. The van der Waals surface area contributed by atoms with Gasteiger partial charge in [-0.25, -0.2) is 0 Å². The van der Waals surface area contributed by atoms with E-state index < -0.39 is 41.8 Å². The monoisotopic (exact) mass is 698 g/mol. The Labute approximate surface area is 294 Å². The standard InChI is InChI=1S/C19H30O6.C17H28O5.2CH4/c1-4-8-12-14(20)16-17(25-19(24-16)9-6-5-7-10-19)15(22-12)13-11-21-18(2,3)23-13;1-3-7-13-11(2)14-16(15(20-13)12(19)10-18)22-17(21-14)8-5-4-6-9-17;;/h4,12-17,20H,1,5-11H2,2-3H3;3,11-16,18-19H,1,4-10H2,2H3;2*1H4/t12-,13+,14-,15-,16-,17?;11-,12+,13-,14-,15-,16?;;/m00../s1. The molecule has 0 aromatic rings. The minimum absolute atomic E-state index is 0. The van der Waals surface area contributed by atoms with Crippen LogP contribution in [0.3, 0.4) is 0 Å². The zero-order valence-corrected chi connectivity index (χ0v) is 28.5. The minimum Gasteiger partial charge on any atom is -0.394 e. The van der Waals surface area contributed by atoms with Crippen molar-refractivity contribution in [3.8, 4) is 0 Å². The lowest BCUT2D eigenvalue weighted by Crippen LogP contribution is -2.59. The highest BCUT2D eigenvalue weighted by molar-refractivity contribution is 5.05. The Balaban J connectivity index is 0.000000214. The zero-order chi connectivity index (χ0) is 33.4. The molecule has 0 aromatic carbocycles. The van der Waals surface area contributed by atoms with Gasteiger partial charge in [-0.1, -0.05) is 46.8 Å². The molecule has 11 heteroatoms. The fourth-order valence-electron chi connectivity index (χ4n) is 8.72. The number of hydrogen-bond acceptors (Lipinski definition) is 11. The van der Waals surface area contributed by atoms with Crippen molar-refractivity contribution >= 4 is 0 Å². The molecule has 2 unspecified atom stereocenters. The van der Waals surface area contributed by atoms with Gasteiger partial charge in [0.15, 0.2) is 17.4 Å². The summed E-state index contributed by atoms with van der Waals surface area (Å²) in [4.78, 5) is 0. The molecule has 3 N–H and O–H groups in total. The Morgan fingerprint density at radius 1 is 0.714 bits per heavy atom. The van der Waals surface area contributed by atoms with Crippen LogP contribution in [0.25, 0.3) is 0 Å². The summed E-state index contributed by atoms with van der Waals surface area (Å²) in [6.45, 7) is 13.6. The third-order valence-electron chi connectivity index (χ3n) is 11.2. The molecule has 0 radical (unpaired) electrons. The van der Waals surface area contributed by atoms with E-state index >= 15 is 0 Å². The molecule has 7 fully saturated rings. The fraction of sp³-hybridized carbons (Fsp3) is 0.895. The van der Waals surface area contributed by atoms with Gasteiger partial charge in [-0.05, 0) is 52.4 Å². The lowest BCUT2D eigenvalue weighted by Gasteiger charge is -2.42. The average molecular weight is 699 g/mol. The summed E-state index contributed by atoms with van der Waals surface area (Å²) in [5.41, 5.74) is 0. The summed E-state index contributed by atoms with van der Waals surface area (Å²) in [6, 6.07) is 0. The van der Waals surface area contributed by atoms with Crippen LogP contribution in [0.15, 0.2) is 25.3 Å². The second-order valence-corrected chi connectivity index (χ2v) is 15.1. The molecule has 284 valence electrons. The molecule has 0 aromatic heterocycles. The first-order valence-electron chi connectivity index (χ1n) is 18.1. The van der Waals surface area contributed by atoms with E-state index in [1.54, 1.807) is 6.08 Å². The number of aliphatic hydroxyl groups is 3. The van der Waals surface area contributed by atoms with Crippen LogP contribution in [0.5, 0.6) is 0 Å². The number of rotatable bonds is 7. The predicted octanol–water partition coefficient (Wildman–Crippen LogP) is 5.32. The van der Waals surface area contributed by atoms with Gasteiger partial charge in [0.05, 0.1) is 31.5 Å². The molecule has 2 saturated carbocycles. The van der Waals surface area contributed by atoms with Crippen molar-refractivity contribution in [3.05, 3.63) is 25.3 Å². The van der Waals surface area contributed by atoms with Crippen LogP contribution in [0, 0.1) is 5.92 Å². The predicted molar refractivity (Wildman–Crippen MR) is 185 cm³/mol. The Hall–Kier alpha value is -0.960. The molecule has 5 aliphatic heterocycles. The van der Waals surface area contributed by atoms with Crippen molar-refractivity contribution < 1.29 is 53.2 Å². The molecule has 2 aliphatic carbocycles. The number of fused-ring (bicyclic) bond motifs is 2. The molecule has 49 heavy (non-hydrogen) atoms. The van der Waals surface area contributed by atoms with Crippen LogP contribution < -0.4 is 0 Å². The van der Waals surface area contributed by atoms with E-state index in [2.05, 4.69) is 20.1 Å². The van der Waals surface area contributed by atoms with Gasteiger partial charge in [-0.3, -0.25) is 0 Å². The zero-order valence-electron chi connectivity index (χ0n) is 28.5. The normalized spacial score (nSPS) is 42.0. The van der Waals surface area contributed by atoms with Crippen LogP contribution in [-0.2, 0) is 37.9 Å². The summed E-state index contributed by atoms with van der Waals surface area (Å²) in [7, 11) is 0. The second-order valence-electron chi connectivity index (χ2n) is 15.1. The van der Waals surface area contributed by atoms with Crippen LogP contribution in [0.1, 0.15) is 113 Å². The minimum atomic E-state index is -0.949. The van der Waals surface area contributed by atoms with Gasteiger partial charge in [0.1, 0.15) is 48.8 Å². The van der Waals surface area contributed by atoms with Gasteiger partial charge < -0.3 is 53.2 Å². The van der Waals surface area contributed by atoms with Crippen molar-refractivity contribution in [1.29, 1.82) is 0 Å². The SMILES string of the molecule is C.C.C=CC[C@@H]1O[C@@H]([C@H](O)CO)C2OC3(CCCCC3)O[C@H]2[C@H]1C.C=CC[C@@H]1O[C@@H]([C@H]2COC(C)(C)O2)C2OC3(CCCCC3)O[C@H]2[C@H]1O. The lowest BCUT2D eigenvalue weighted by atomic mass is 9.85. The van der Waals surface area contributed by atoms with Crippen LogP contribution in [-0.4, -0.2) is 113 Å². The van der Waals surface area contributed by atoms with Crippen molar-refractivity contribution in [2.24, 2.45) is 5.92 Å². The molecular weight excluding hydrogens is 632 g/mol. The summed E-state index contributed by atoms with van der Waals surface area (Å²) >= 11 is 0. The van der Waals surface area contributed by atoms with E-state index in [4.69, 9.17) is 37.9 Å². The molecule has 5 heterocycles. The van der Waals surface area contributed by atoms with Crippen molar-refractivity contribution in [2.45, 2.75) is 197 Å². The quantitative estimate of drug-likeness (QED) is 0.298. The maximum Gasteiger partial charge on any atom is 0.169 e. The molecular formula is C38H66O11. The van der Waals surface area contributed by atoms with Crippen molar-refractivity contribution in [1.82, 2.24) is 0 Å². The second kappa shape index (κ2) is 16.8. The van der Waals surface area contributed by atoms with E-state index in [0.29, 0.717) is 19.4 Å². The number of ether oxygens (including phenoxy) is 8. The maximum atomic E-state index is 10.8. The molecule has 11 nitrogen and oxygen atoms in total.